The van der Waals surface area contributed by atoms with Crippen LogP contribution in [0.25, 0.3) is 0 Å². The van der Waals surface area contributed by atoms with E-state index in [1.54, 1.807) is 0 Å². The van der Waals surface area contributed by atoms with Gasteiger partial charge in [0.05, 0.1) is 0 Å². The average molecular weight is 216 g/mol. The normalized spacial score (nSPS) is 38.7. The Labute approximate surface area is 89.2 Å². The number of Topliss-reactive ketones (excluding diaryl/α,β-unsaturated/α-hetero) is 1. The molecule has 0 aromatic carbocycles. The van der Waals surface area contributed by atoms with Crippen LogP contribution < -0.4 is 0 Å². The summed E-state index contributed by atoms with van der Waals surface area (Å²) in [5.74, 6) is -1.65. The van der Waals surface area contributed by atoms with Gasteiger partial charge in [0.2, 0.25) is 5.92 Å². The first kappa shape index (κ1) is 11.0. The molecule has 0 radical (unpaired) electrons. The molecule has 3 heteroatoms. The standard InChI is InChI=1S/C12H18F2O/c1-8-5-10(8)11(15)6-9-3-2-4-12(13,14)7-9/h8-10H,2-7H2,1H3. The fourth-order valence-corrected chi connectivity index (χ4v) is 2.66. The van der Waals surface area contributed by atoms with Gasteiger partial charge in [-0.2, -0.15) is 0 Å². The highest BCUT2D eigenvalue weighted by molar-refractivity contribution is 5.83. The second-order valence-corrected chi connectivity index (χ2v) is 5.31. The van der Waals surface area contributed by atoms with Gasteiger partial charge in [-0.05, 0) is 31.1 Å². The third-order valence-corrected chi connectivity index (χ3v) is 3.76. The summed E-state index contributed by atoms with van der Waals surface area (Å²) in [5, 5.41) is 0. The van der Waals surface area contributed by atoms with E-state index in [4.69, 9.17) is 0 Å². The van der Waals surface area contributed by atoms with Crippen LogP contribution in [0.2, 0.25) is 0 Å². The molecule has 3 atom stereocenters. The molecule has 1 nitrogen and oxygen atoms in total. The zero-order valence-corrected chi connectivity index (χ0v) is 9.14. The maximum atomic E-state index is 13.1. The molecule has 2 aliphatic rings. The van der Waals surface area contributed by atoms with E-state index in [1.165, 1.54) is 0 Å². The van der Waals surface area contributed by atoms with E-state index in [2.05, 4.69) is 6.92 Å². The lowest BCUT2D eigenvalue weighted by atomic mass is 9.83. The van der Waals surface area contributed by atoms with Crippen LogP contribution >= 0.6 is 0 Å². The summed E-state index contributed by atoms with van der Waals surface area (Å²) in [7, 11) is 0. The molecule has 0 aromatic rings. The first-order valence-electron chi connectivity index (χ1n) is 5.88. The molecular weight excluding hydrogens is 198 g/mol. The van der Waals surface area contributed by atoms with Crippen molar-refractivity contribution in [1.82, 2.24) is 0 Å². The third kappa shape index (κ3) is 2.76. The van der Waals surface area contributed by atoms with Crippen molar-refractivity contribution in [3.63, 3.8) is 0 Å². The molecule has 0 aromatic heterocycles. The Morgan fingerprint density at radius 2 is 2.13 bits per heavy atom. The maximum Gasteiger partial charge on any atom is 0.248 e. The minimum atomic E-state index is -2.52. The predicted molar refractivity (Wildman–Crippen MR) is 53.8 cm³/mol. The molecule has 86 valence electrons. The Morgan fingerprint density at radius 3 is 2.67 bits per heavy atom. The van der Waals surface area contributed by atoms with Gasteiger partial charge in [-0.3, -0.25) is 4.79 Å². The van der Waals surface area contributed by atoms with Gasteiger partial charge in [0.25, 0.3) is 0 Å². The molecule has 2 saturated carbocycles. The van der Waals surface area contributed by atoms with Gasteiger partial charge in [-0.25, -0.2) is 8.78 Å². The number of carbonyl (C=O) groups is 1. The van der Waals surface area contributed by atoms with E-state index in [-0.39, 0.29) is 30.5 Å². The quantitative estimate of drug-likeness (QED) is 0.706. The van der Waals surface area contributed by atoms with Gasteiger partial charge in [-0.15, -0.1) is 0 Å². The minimum Gasteiger partial charge on any atom is -0.299 e. The summed E-state index contributed by atoms with van der Waals surface area (Å²) in [5.41, 5.74) is 0. The summed E-state index contributed by atoms with van der Waals surface area (Å²) in [6.07, 6.45) is 2.69. The van der Waals surface area contributed by atoms with E-state index in [0.717, 1.165) is 12.8 Å². The predicted octanol–water partition coefficient (Wildman–Crippen LogP) is 3.43. The van der Waals surface area contributed by atoms with Crippen LogP contribution in [-0.2, 0) is 4.79 Å². The van der Waals surface area contributed by atoms with Crippen LogP contribution in [0.5, 0.6) is 0 Å². The number of ketones is 1. The van der Waals surface area contributed by atoms with Crippen LogP contribution in [0.1, 0.15) is 45.4 Å². The van der Waals surface area contributed by atoms with E-state index in [9.17, 15) is 13.6 Å². The van der Waals surface area contributed by atoms with Gasteiger partial charge in [0, 0.05) is 25.2 Å². The molecule has 2 rings (SSSR count). The largest absolute Gasteiger partial charge is 0.299 e. The number of hydrogen-bond acceptors (Lipinski definition) is 1. The lowest BCUT2D eigenvalue weighted by Crippen LogP contribution is -2.27. The van der Waals surface area contributed by atoms with Crippen LogP contribution in [-0.4, -0.2) is 11.7 Å². The molecule has 0 saturated heterocycles. The zero-order valence-electron chi connectivity index (χ0n) is 9.14. The first-order valence-corrected chi connectivity index (χ1v) is 5.88. The molecule has 0 N–H and O–H groups in total. The van der Waals surface area contributed by atoms with E-state index >= 15 is 0 Å². The summed E-state index contributed by atoms with van der Waals surface area (Å²) in [6, 6.07) is 0. The van der Waals surface area contributed by atoms with E-state index in [0.29, 0.717) is 18.8 Å². The molecule has 2 aliphatic carbocycles. The molecule has 0 aliphatic heterocycles. The van der Waals surface area contributed by atoms with Crippen LogP contribution in [0, 0.1) is 17.8 Å². The molecule has 0 spiro atoms. The van der Waals surface area contributed by atoms with Gasteiger partial charge in [0.1, 0.15) is 5.78 Å². The van der Waals surface area contributed by atoms with Crippen molar-refractivity contribution in [3.8, 4) is 0 Å². The highest BCUT2D eigenvalue weighted by atomic mass is 19.3. The summed E-state index contributed by atoms with van der Waals surface area (Å²) in [4.78, 5) is 11.7. The Hall–Kier alpha value is -0.470. The minimum absolute atomic E-state index is 0.0114. The lowest BCUT2D eigenvalue weighted by molar-refractivity contribution is -0.123. The molecule has 0 heterocycles. The second kappa shape index (κ2) is 3.84. The van der Waals surface area contributed by atoms with Gasteiger partial charge in [0.15, 0.2) is 0 Å². The average Bonchev–Trinajstić information content (AvgIpc) is 2.80. The fourth-order valence-electron chi connectivity index (χ4n) is 2.66. The van der Waals surface area contributed by atoms with E-state index < -0.39 is 5.92 Å². The van der Waals surface area contributed by atoms with Crippen molar-refractivity contribution in [2.75, 3.05) is 0 Å². The van der Waals surface area contributed by atoms with Crippen molar-refractivity contribution in [2.24, 2.45) is 17.8 Å². The molecule has 2 fully saturated rings. The van der Waals surface area contributed by atoms with Crippen LogP contribution in [0.4, 0.5) is 8.78 Å². The van der Waals surface area contributed by atoms with Crippen LogP contribution in [0.3, 0.4) is 0 Å². The molecule has 0 bridgehead atoms. The Kier molecular flexibility index (Phi) is 2.82. The number of alkyl halides is 2. The Balaban J connectivity index is 1.81. The Bertz CT molecular complexity index is 262. The topological polar surface area (TPSA) is 17.1 Å². The molecular formula is C12H18F2O. The SMILES string of the molecule is CC1CC1C(=O)CC1CCCC(F)(F)C1. The number of carbonyl (C=O) groups excluding carboxylic acids is 1. The van der Waals surface area contributed by atoms with Crippen LogP contribution in [0.15, 0.2) is 0 Å². The van der Waals surface area contributed by atoms with Crippen molar-refractivity contribution in [2.45, 2.75) is 51.4 Å². The van der Waals surface area contributed by atoms with Crippen molar-refractivity contribution in [3.05, 3.63) is 0 Å². The summed E-state index contributed by atoms with van der Waals surface area (Å²) in [6.45, 7) is 2.05. The number of rotatable bonds is 3. The third-order valence-electron chi connectivity index (χ3n) is 3.76. The number of hydrogen-bond donors (Lipinski definition) is 0. The Morgan fingerprint density at radius 1 is 1.47 bits per heavy atom. The second-order valence-electron chi connectivity index (χ2n) is 5.31. The molecule has 0 amide bonds. The highest BCUT2D eigenvalue weighted by Crippen LogP contribution is 2.43. The highest BCUT2D eigenvalue weighted by Gasteiger charge is 2.42. The smallest absolute Gasteiger partial charge is 0.248 e. The monoisotopic (exact) mass is 216 g/mol. The van der Waals surface area contributed by atoms with Crippen molar-refractivity contribution < 1.29 is 13.6 Å². The van der Waals surface area contributed by atoms with Gasteiger partial charge < -0.3 is 0 Å². The summed E-state index contributed by atoms with van der Waals surface area (Å²) >= 11 is 0. The van der Waals surface area contributed by atoms with Gasteiger partial charge >= 0.3 is 0 Å². The zero-order chi connectivity index (χ0) is 11.1. The van der Waals surface area contributed by atoms with Crippen molar-refractivity contribution >= 4 is 5.78 Å². The van der Waals surface area contributed by atoms with Gasteiger partial charge in [-0.1, -0.05) is 6.92 Å². The molecule has 15 heavy (non-hydrogen) atoms. The molecule has 3 unspecified atom stereocenters. The first-order chi connectivity index (χ1) is 6.98. The van der Waals surface area contributed by atoms with E-state index in [1.807, 2.05) is 0 Å². The van der Waals surface area contributed by atoms with Crippen molar-refractivity contribution in [1.29, 1.82) is 0 Å². The fraction of sp³-hybridized carbons (Fsp3) is 0.917. The number of halogens is 2. The lowest BCUT2D eigenvalue weighted by Gasteiger charge is -2.28. The maximum absolute atomic E-state index is 13.1. The summed E-state index contributed by atoms with van der Waals surface area (Å²) < 4.78 is 26.2.